The van der Waals surface area contributed by atoms with E-state index in [-0.39, 0.29) is 45.6 Å². The molecule has 298 valence electrons. The highest BCUT2D eigenvalue weighted by molar-refractivity contribution is 7.98. The van der Waals surface area contributed by atoms with Crippen molar-refractivity contribution in [2.45, 2.75) is 68.7 Å². The summed E-state index contributed by atoms with van der Waals surface area (Å²) in [4.78, 5) is 58.3. The number of oxazole rings is 1. The zero-order chi connectivity index (χ0) is 41.8. The molecule has 19 heteroatoms. The van der Waals surface area contributed by atoms with E-state index >= 15 is 0 Å². The number of nitrogen functional groups attached to an aromatic ring is 1. The molecular weight excluding hydrogens is 778 g/mol. The van der Waals surface area contributed by atoms with Gasteiger partial charge >= 0.3 is 11.9 Å². The van der Waals surface area contributed by atoms with Crippen molar-refractivity contribution in [3.63, 3.8) is 0 Å². The number of amides is 2. The first-order chi connectivity index (χ1) is 27.1. The smallest absolute Gasteiger partial charge is 0.328 e. The van der Waals surface area contributed by atoms with Crippen LogP contribution in [0.3, 0.4) is 0 Å². The van der Waals surface area contributed by atoms with Gasteiger partial charge in [-0.05, 0) is 69.7 Å². The van der Waals surface area contributed by atoms with E-state index in [0.29, 0.717) is 22.2 Å². The summed E-state index contributed by atoms with van der Waals surface area (Å²) < 4.78 is 22.3. The fourth-order valence-electron chi connectivity index (χ4n) is 4.83. The number of nitriles is 2. The lowest BCUT2D eigenvalue weighted by Gasteiger charge is -2.22. The first-order valence-corrected chi connectivity index (χ1v) is 18.7. The van der Waals surface area contributed by atoms with Gasteiger partial charge in [0.2, 0.25) is 17.7 Å². The number of aromatic nitrogens is 2. The van der Waals surface area contributed by atoms with Crippen LogP contribution < -0.4 is 32.6 Å². The van der Waals surface area contributed by atoms with Crippen LogP contribution in [-0.2, 0) is 34.4 Å². The lowest BCUT2D eigenvalue weighted by Crippen LogP contribution is -2.48. The molecule has 5 atom stereocenters. The molecule has 2 aromatic carbocycles. The number of nitrogens with two attached hydrogens (primary N) is 3. The summed E-state index contributed by atoms with van der Waals surface area (Å²) in [6.45, 7) is 4.90. The van der Waals surface area contributed by atoms with Crippen molar-refractivity contribution < 1.29 is 37.8 Å². The van der Waals surface area contributed by atoms with Gasteiger partial charge in [-0.25, -0.2) is 19.6 Å². The number of pyridine rings is 1. The van der Waals surface area contributed by atoms with Crippen LogP contribution in [0.25, 0.3) is 22.6 Å². The van der Waals surface area contributed by atoms with Crippen molar-refractivity contribution in [3.8, 4) is 40.5 Å². The highest BCUT2D eigenvalue weighted by atomic mass is 35.5. The van der Waals surface area contributed by atoms with Crippen molar-refractivity contribution >= 4 is 52.9 Å². The number of esters is 2. The van der Waals surface area contributed by atoms with E-state index in [1.54, 1.807) is 48.5 Å². The van der Waals surface area contributed by atoms with Gasteiger partial charge in [-0.15, -0.1) is 0 Å². The molecule has 2 heterocycles. The predicted molar refractivity (Wildman–Crippen MR) is 209 cm³/mol. The first kappa shape index (κ1) is 43.5. The standard InChI is InChI=1S/C38H40ClN9O8S/c1-19(42)33(49)45-21(3)37(51)55-17-28(56-38(52)22(4)46-34(50)20(2)43)16-53-27-11-7-23(8-12-27)31-29(13-40)32(44)48-36(30(31)14-41)57-18-26-15-54-35(47-26)24-5-9-25(39)10-6-24/h5-12,15,19-22,28H,16-18,42-43H2,1-4H3,(H2,44,48)(H,45,49)(H,46,50)/t19-,20-,21-,22-,28?/m0/s1. The Morgan fingerprint density at radius 3 is 2.00 bits per heavy atom. The zero-order valence-electron chi connectivity index (χ0n) is 31.3. The summed E-state index contributed by atoms with van der Waals surface area (Å²) in [5.74, 6) is -1.98. The van der Waals surface area contributed by atoms with E-state index in [1.165, 1.54) is 45.7 Å². The van der Waals surface area contributed by atoms with Crippen LogP contribution in [0.4, 0.5) is 5.82 Å². The Morgan fingerprint density at radius 2 is 1.42 bits per heavy atom. The number of hydrogen-bond donors (Lipinski definition) is 5. The van der Waals surface area contributed by atoms with Gasteiger partial charge in [-0.3, -0.25) is 9.59 Å². The number of thioether (sulfide) groups is 1. The monoisotopic (exact) mass is 817 g/mol. The number of rotatable bonds is 17. The molecule has 0 spiro atoms. The normalized spacial score (nSPS) is 13.4. The highest BCUT2D eigenvalue weighted by Gasteiger charge is 2.27. The van der Waals surface area contributed by atoms with Gasteiger partial charge in [0, 0.05) is 21.9 Å². The Morgan fingerprint density at radius 1 is 0.842 bits per heavy atom. The van der Waals surface area contributed by atoms with Crippen molar-refractivity contribution in [1.29, 1.82) is 10.5 Å². The number of anilines is 1. The largest absolute Gasteiger partial charge is 0.490 e. The number of ether oxygens (including phenoxy) is 3. The van der Waals surface area contributed by atoms with Gasteiger partial charge in [-0.2, -0.15) is 10.5 Å². The average Bonchev–Trinajstić information content (AvgIpc) is 3.66. The molecule has 0 aliphatic heterocycles. The molecule has 2 amide bonds. The van der Waals surface area contributed by atoms with Crippen LogP contribution in [0.2, 0.25) is 5.02 Å². The molecule has 0 fully saturated rings. The fourth-order valence-corrected chi connectivity index (χ4v) is 5.83. The molecule has 0 aliphatic rings. The molecule has 4 aromatic rings. The molecule has 2 aromatic heterocycles. The first-order valence-electron chi connectivity index (χ1n) is 17.3. The van der Waals surface area contributed by atoms with E-state index in [1.807, 2.05) is 6.07 Å². The van der Waals surface area contributed by atoms with E-state index < -0.39 is 60.6 Å². The minimum Gasteiger partial charge on any atom is -0.490 e. The Hall–Kier alpha value is -6.18. The minimum atomic E-state index is -1.17. The lowest BCUT2D eigenvalue weighted by molar-refractivity contribution is -0.163. The molecule has 0 radical (unpaired) electrons. The maximum absolute atomic E-state index is 12.9. The highest BCUT2D eigenvalue weighted by Crippen LogP contribution is 2.37. The summed E-state index contributed by atoms with van der Waals surface area (Å²) in [6, 6.07) is 13.6. The topological polar surface area (TPSA) is 285 Å². The van der Waals surface area contributed by atoms with Crippen LogP contribution in [0.5, 0.6) is 5.75 Å². The summed E-state index contributed by atoms with van der Waals surface area (Å²) >= 11 is 7.18. The van der Waals surface area contributed by atoms with Gasteiger partial charge in [0.1, 0.15) is 65.9 Å². The summed E-state index contributed by atoms with van der Waals surface area (Å²) in [5.41, 5.74) is 19.5. The molecule has 0 bridgehead atoms. The van der Waals surface area contributed by atoms with Crippen LogP contribution in [0.15, 0.2) is 64.2 Å². The number of benzene rings is 2. The number of carbonyl (C=O) groups excluding carboxylic acids is 4. The third-order valence-electron chi connectivity index (χ3n) is 7.94. The Kier molecular flexibility index (Phi) is 15.4. The third-order valence-corrected chi connectivity index (χ3v) is 9.20. The summed E-state index contributed by atoms with van der Waals surface area (Å²) in [6.07, 6.45) is 0.323. The SMILES string of the molecule is C[C@H](N)C(=O)N[C@@H](C)C(=O)OCC(COc1ccc(-c2c(C#N)c(N)nc(SCc3coc(-c4ccc(Cl)cc4)n3)c2C#N)cc1)OC(=O)[C@H](C)NC(=O)[C@H](C)N. The molecular formula is C38H40ClN9O8S. The molecule has 0 aliphatic carbocycles. The Balaban J connectivity index is 1.50. The van der Waals surface area contributed by atoms with Crippen LogP contribution in [0.1, 0.15) is 44.5 Å². The second kappa shape index (κ2) is 20.1. The van der Waals surface area contributed by atoms with Gasteiger partial charge in [0.25, 0.3) is 0 Å². The third kappa shape index (κ3) is 11.9. The van der Waals surface area contributed by atoms with Crippen LogP contribution in [0, 0.1) is 22.7 Å². The Bertz CT molecular complexity index is 2170. The second-order valence-electron chi connectivity index (χ2n) is 12.7. The molecule has 8 N–H and O–H groups in total. The molecule has 0 saturated heterocycles. The minimum absolute atomic E-state index is 0.00130. The number of nitrogens with one attached hydrogen (secondary N) is 2. The Labute approximate surface area is 337 Å². The maximum atomic E-state index is 12.9. The summed E-state index contributed by atoms with van der Waals surface area (Å²) in [5, 5.41) is 26.0. The van der Waals surface area contributed by atoms with Crippen LogP contribution >= 0.6 is 23.4 Å². The lowest BCUT2D eigenvalue weighted by atomic mass is 9.97. The van der Waals surface area contributed by atoms with E-state index in [2.05, 4.69) is 26.7 Å². The van der Waals surface area contributed by atoms with E-state index in [9.17, 15) is 29.7 Å². The molecule has 17 nitrogen and oxygen atoms in total. The fraction of sp³-hybridized carbons (Fsp3) is 0.316. The van der Waals surface area contributed by atoms with E-state index in [0.717, 1.165) is 5.56 Å². The van der Waals surface area contributed by atoms with Gasteiger partial charge in [-0.1, -0.05) is 35.5 Å². The van der Waals surface area contributed by atoms with Gasteiger partial charge in [0.05, 0.1) is 23.3 Å². The molecule has 57 heavy (non-hydrogen) atoms. The second-order valence-corrected chi connectivity index (χ2v) is 14.1. The van der Waals surface area contributed by atoms with Crippen molar-refractivity contribution in [3.05, 3.63) is 76.6 Å². The molecule has 4 rings (SSSR count). The average molecular weight is 818 g/mol. The van der Waals surface area contributed by atoms with Crippen molar-refractivity contribution in [1.82, 2.24) is 20.6 Å². The zero-order valence-corrected chi connectivity index (χ0v) is 32.8. The van der Waals surface area contributed by atoms with E-state index in [4.69, 9.17) is 47.4 Å². The quantitative estimate of drug-likeness (QED) is 0.0755. The van der Waals surface area contributed by atoms with Crippen molar-refractivity contribution in [2.75, 3.05) is 18.9 Å². The number of hydrogen-bond acceptors (Lipinski definition) is 16. The number of halogens is 1. The molecule has 1 unspecified atom stereocenters. The summed E-state index contributed by atoms with van der Waals surface area (Å²) in [7, 11) is 0. The van der Waals surface area contributed by atoms with Crippen LogP contribution in [-0.4, -0.2) is 77.2 Å². The van der Waals surface area contributed by atoms with Gasteiger partial charge < -0.3 is 46.5 Å². The number of carbonyl (C=O) groups is 4. The van der Waals surface area contributed by atoms with Crippen molar-refractivity contribution in [2.24, 2.45) is 11.5 Å². The molecule has 0 saturated carbocycles. The number of nitrogens with zero attached hydrogens (tertiary/aromatic N) is 4. The van der Waals surface area contributed by atoms with Gasteiger partial charge in [0.15, 0.2) is 6.10 Å². The maximum Gasteiger partial charge on any atom is 0.328 e. The predicted octanol–water partition coefficient (Wildman–Crippen LogP) is 3.21.